The van der Waals surface area contributed by atoms with E-state index >= 15 is 0 Å². The molecule has 0 heterocycles. The topological polar surface area (TPSA) is 71.1 Å². The number of hydrogen-bond donors (Lipinski definition) is 0. The summed E-state index contributed by atoms with van der Waals surface area (Å²) in [4.78, 5) is 0. The first-order valence-corrected chi connectivity index (χ1v) is 23.5. The van der Waals surface area contributed by atoms with Crippen LogP contribution in [0.2, 0.25) is 0 Å². The Hall–Kier alpha value is -5.02. The maximum atomic E-state index is 12.8. The molecule has 8 heteroatoms. The van der Waals surface area contributed by atoms with Gasteiger partial charge in [-0.15, -0.1) is 0 Å². The second-order valence-corrected chi connectivity index (χ2v) is 19.3. The van der Waals surface area contributed by atoms with Gasteiger partial charge in [0.25, 0.3) is 0 Å². The van der Waals surface area contributed by atoms with Gasteiger partial charge in [-0.3, -0.25) is 0 Å². The van der Waals surface area contributed by atoms with Crippen molar-refractivity contribution in [3.8, 4) is 34.1 Å². The summed E-state index contributed by atoms with van der Waals surface area (Å²) in [5, 5.41) is 0. The third-order valence-electron chi connectivity index (χ3n) is 10.1. The second kappa shape index (κ2) is 19.6. The Bertz CT molecular complexity index is 2160. The van der Waals surface area contributed by atoms with Gasteiger partial charge in [0.15, 0.2) is 0 Å². The van der Waals surface area contributed by atoms with Gasteiger partial charge >= 0.3 is 15.2 Å². The minimum Gasteiger partial charge on any atom is -0.416 e. The van der Waals surface area contributed by atoms with E-state index in [9.17, 15) is 9.13 Å². The molecule has 6 rings (SSSR count). The molecule has 0 atom stereocenters. The fraction of sp³-hybridized carbons (Fsp3) is 0.280. The molecule has 306 valence electrons. The average Bonchev–Trinajstić information content (AvgIpc) is 3.15. The lowest BCUT2D eigenvalue weighted by Gasteiger charge is -2.20. The Morgan fingerprint density at radius 3 is 0.690 bits per heavy atom. The summed E-state index contributed by atoms with van der Waals surface area (Å²) < 4.78 is 48.5. The summed E-state index contributed by atoms with van der Waals surface area (Å²) >= 11 is 0. The van der Waals surface area contributed by atoms with Crippen LogP contribution in [0.15, 0.2) is 109 Å². The van der Waals surface area contributed by atoms with Crippen LogP contribution in [-0.2, 0) is 9.13 Å². The zero-order chi connectivity index (χ0) is 42.9. The fourth-order valence-corrected chi connectivity index (χ4v) is 8.43. The van der Waals surface area contributed by atoms with Crippen molar-refractivity contribution in [1.29, 1.82) is 0 Å². The Balaban J connectivity index is 0.000000202. The van der Waals surface area contributed by atoms with E-state index in [1.54, 1.807) is 0 Å². The van der Waals surface area contributed by atoms with Crippen molar-refractivity contribution >= 4 is 15.2 Å². The van der Waals surface area contributed by atoms with Gasteiger partial charge in [0.1, 0.15) is 23.0 Å². The van der Waals surface area contributed by atoms with Crippen LogP contribution in [0.25, 0.3) is 11.1 Å². The van der Waals surface area contributed by atoms with Gasteiger partial charge in [-0.25, -0.2) is 9.13 Å². The molecule has 6 aromatic rings. The molecule has 0 saturated carbocycles. The first-order valence-electron chi connectivity index (χ1n) is 19.5. The molecule has 0 amide bonds. The molecule has 0 aliphatic rings. The highest BCUT2D eigenvalue weighted by atomic mass is 31.2. The first kappa shape index (κ1) is 45.7. The summed E-state index contributed by atoms with van der Waals surface area (Å²) in [6.07, 6.45) is 0. The van der Waals surface area contributed by atoms with E-state index in [0.717, 1.165) is 44.5 Å². The van der Waals surface area contributed by atoms with Crippen LogP contribution in [0.3, 0.4) is 0 Å². The highest BCUT2D eigenvalue weighted by Gasteiger charge is 2.24. The van der Waals surface area contributed by atoms with E-state index in [2.05, 4.69) is 48.5 Å². The van der Waals surface area contributed by atoms with E-state index < -0.39 is 15.2 Å². The summed E-state index contributed by atoms with van der Waals surface area (Å²) in [5.74, 6) is 2.45. The van der Waals surface area contributed by atoms with E-state index in [1.807, 2.05) is 144 Å². The number of rotatable bonds is 9. The summed E-state index contributed by atoms with van der Waals surface area (Å²) in [5.41, 5.74) is 15.5. The van der Waals surface area contributed by atoms with Crippen LogP contribution in [0.5, 0.6) is 23.0 Å². The SMILES string of the molecule is Cc1cc(C)c(OP(C)(=O)Oc2cc(C)c(C)cc2C)cc1C.Cc1cc(C)c(OP(C)(=O)Oc2cc(C)c(C)cc2C)cc1C.c1ccc(-c2ccccc2)cc1. The van der Waals surface area contributed by atoms with E-state index in [4.69, 9.17) is 18.1 Å². The van der Waals surface area contributed by atoms with Crippen molar-refractivity contribution in [2.45, 2.75) is 83.1 Å². The van der Waals surface area contributed by atoms with Crippen LogP contribution in [0.4, 0.5) is 0 Å². The zero-order valence-corrected chi connectivity index (χ0v) is 38.5. The van der Waals surface area contributed by atoms with Crippen molar-refractivity contribution in [2.24, 2.45) is 0 Å². The normalized spacial score (nSPS) is 11.1. The maximum Gasteiger partial charge on any atom is 0.427 e. The van der Waals surface area contributed by atoms with Gasteiger partial charge < -0.3 is 18.1 Å². The molecule has 0 N–H and O–H groups in total. The van der Waals surface area contributed by atoms with Crippen LogP contribution >= 0.6 is 15.2 Å². The van der Waals surface area contributed by atoms with Crippen LogP contribution in [0.1, 0.15) is 66.8 Å². The molecule has 0 bridgehead atoms. The van der Waals surface area contributed by atoms with Crippen molar-refractivity contribution in [1.82, 2.24) is 0 Å². The molecular weight excluding hydrogens is 758 g/mol. The lowest BCUT2D eigenvalue weighted by molar-refractivity contribution is 0.389. The average molecular weight is 819 g/mol. The highest BCUT2D eigenvalue weighted by molar-refractivity contribution is 7.54. The smallest absolute Gasteiger partial charge is 0.416 e. The number of aryl methyl sites for hydroxylation is 12. The molecule has 58 heavy (non-hydrogen) atoms. The minimum absolute atomic E-state index is 0.612. The van der Waals surface area contributed by atoms with Crippen LogP contribution < -0.4 is 18.1 Å². The quantitative estimate of drug-likeness (QED) is 0.135. The third-order valence-corrected chi connectivity index (χ3v) is 12.2. The van der Waals surface area contributed by atoms with Gasteiger partial charge in [0.2, 0.25) is 0 Å². The van der Waals surface area contributed by atoms with E-state index in [-0.39, 0.29) is 0 Å². The summed E-state index contributed by atoms with van der Waals surface area (Å²) in [7, 11) is -6.52. The van der Waals surface area contributed by atoms with Gasteiger partial charge in [-0.2, -0.15) is 0 Å². The van der Waals surface area contributed by atoms with Gasteiger partial charge in [-0.1, -0.05) is 84.9 Å². The molecular formula is C50H60O6P2. The molecule has 6 nitrogen and oxygen atoms in total. The fourth-order valence-electron chi connectivity index (χ4n) is 6.14. The minimum atomic E-state index is -3.26. The first-order chi connectivity index (χ1) is 27.1. The van der Waals surface area contributed by atoms with E-state index in [0.29, 0.717) is 23.0 Å². The Labute approximate surface area is 347 Å². The van der Waals surface area contributed by atoms with Gasteiger partial charge in [0.05, 0.1) is 13.3 Å². The molecule has 0 spiro atoms. The van der Waals surface area contributed by atoms with Gasteiger partial charge in [0, 0.05) is 0 Å². The summed E-state index contributed by atoms with van der Waals surface area (Å²) in [6, 6.07) is 36.6. The molecule has 0 unspecified atom stereocenters. The lowest BCUT2D eigenvalue weighted by Crippen LogP contribution is -2.02. The molecule has 0 fully saturated rings. The molecule has 0 aliphatic heterocycles. The van der Waals surface area contributed by atoms with Crippen molar-refractivity contribution in [3.05, 3.63) is 176 Å². The zero-order valence-electron chi connectivity index (χ0n) is 36.7. The van der Waals surface area contributed by atoms with Crippen molar-refractivity contribution in [2.75, 3.05) is 13.3 Å². The summed E-state index contributed by atoms with van der Waals surface area (Å²) in [6.45, 7) is 27.0. The maximum absolute atomic E-state index is 12.8. The predicted octanol–water partition coefficient (Wildman–Crippen LogP) is 15.0. The standard InChI is InChI=1S/2C19H25O3P.C12H10/c2*1-12-8-16(5)18(10-14(12)3)21-23(7,20)22-19-11-15(4)13(2)9-17(19)6;1-3-7-11(8-4-1)12-9-5-2-6-10-12/h2*8-11H,1-7H3;1-10H. The lowest BCUT2D eigenvalue weighted by atomic mass is 10.1. The van der Waals surface area contributed by atoms with E-state index in [1.165, 1.54) is 46.7 Å². The Kier molecular flexibility index (Phi) is 15.5. The molecule has 0 radical (unpaired) electrons. The largest absolute Gasteiger partial charge is 0.427 e. The monoisotopic (exact) mass is 818 g/mol. The molecule has 0 aromatic heterocycles. The molecule has 0 aliphatic carbocycles. The number of hydrogen-bond acceptors (Lipinski definition) is 6. The molecule has 0 saturated heterocycles. The second-order valence-electron chi connectivity index (χ2n) is 15.4. The third kappa shape index (κ3) is 13.0. The van der Waals surface area contributed by atoms with Crippen molar-refractivity contribution < 1.29 is 27.2 Å². The Morgan fingerprint density at radius 2 is 0.483 bits per heavy atom. The van der Waals surface area contributed by atoms with Crippen molar-refractivity contribution in [3.63, 3.8) is 0 Å². The highest BCUT2D eigenvalue weighted by Crippen LogP contribution is 2.48. The van der Waals surface area contributed by atoms with Crippen LogP contribution in [0, 0.1) is 83.1 Å². The predicted molar refractivity (Wildman–Crippen MR) is 244 cm³/mol. The van der Waals surface area contributed by atoms with Gasteiger partial charge in [-0.05, 0) is 185 Å². The van der Waals surface area contributed by atoms with Crippen LogP contribution in [-0.4, -0.2) is 13.3 Å². The number of benzene rings is 6. The Morgan fingerprint density at radius 1 is 0.293 bits per heavy atom. The molecule has 6 aromatic carbocycles.